The molecule has 2 aliphatic rings. The highest BCUT2D eigenvalue weighted by Gasteiger charge is 2.37. The highest BCUT2D eigenvalue weighted by atomic mass is 19.2. The highest BCUT2D eigenvalue weighted by molar-refractivity contribution is 6.04. The van der Waals surface area contributed by atoms with Crippen molar-refractivity contribution in [3.05, 3.63) is 41.1 Å². The Morgan fingerprint density at radius 3 is 2.58 bits per heavy atom. The number of benzene rings is 1. The fraction of sp³-hybridized carbons (Fsp3) is 0.500. The summed E-state index contributed by atoms with van der Waals surface area (Å²) in [5.41, 5.74) is 0.278. The Balaban J connectivity index is 1.53. The fourth-order valence-corrected chi connectivity index (χ4v) is 3.95. The molecule has 166 valence electrons. The maximum absolute atomic E-state index is 13.4. The van der Waals surface area contributed by atoms with Crippen LogP contribution in [-0.4, -0.2) is 41.6 Å². The summed E-state index contributed by atoms with van der Waals surface area (Å²) in [6.45, 7) is -2.96. The van der Waals surface area contributed by atoms with Crippen LogP contribution in [0.4, 0.5) is 24.7 Å². The average Bonchev–Trinajstić information content (AvgIpc) is 2.74. The summed E-state index contributed by atoms with van der Waals surface area (Å²) in [6.07, 6.45) is 1.18. The zero-order valence-corrected chi connectivity index (χ0v) is 17.2. The van der Waals surface area contributed by atoms with Crippen LogP contribution in [0.1, 0.15) is 45.0 Å². The summed E-state index contributed by atoms with van der Waals surface area (Å²) in [7, 11) is 1.62. The summed E-state index contributed by atoms with van der Waals surface area (Å²) in [4.78, 5) is 24.1. The number of nitrogens with zero attached hydrogens (tertiary/aromatic N) is 4. The maximum atomic E-state index is 13.4. The third kappa shape index (κ3) is 3.81. The Kier molecular flexibility index (Phi) is 4.11. The molecule has 2 heterocycles. The van der Waals surface area contributed by atoms with Gasteiger partial charge in [-0.1, -0.05) is 0 Å². The number of amides is 1. The van der Waals surface area contributed by atoms with E-state index in [1.165, 1.54) is 0 Å². The van der Waals surface area contributed by atoms with Crippen LogP contribution in [0.3, 0.4) is 0 Å². The molecule has 1 saturated carbocycles. The van der Waals surface area contributed by atoms with Crippen LogP contribution in [0.2, 0.25) is 0 Å². The number of carbonyl (C=O) groups is 1. The average molecular weight is 439 g/mol. The molecule has 9 heteroatoms. The number of carbonyl (C=O) groups excluding carboxylic acids is 1. The van der Waals surface area contributed by atoms with Gasteiger partial charge in [-0.15, -0.1) is 0 Å². The van der Waals surface area contributed by atoms with E-state index in [0.29, 0.717) is 30.0 Å². The molecular formula is C22H25F3N4O2. The van der Waals surface area contributed by atoms with Crippen LogP contribution in [0, 0.1) is 30.3 Å². The lowest BCUT2D eigenvalue weighted by molar-refractivity contribution is -0.119. The number of hydrogen-bond acceptors (Lipinski definition) is 5. The minimum atomic E-state index is -3.10. The van der Waals surface area contributed by atoms with E-state index in [-0.39, 0.29) is 35.0 Å². The standard InChI is InChI=1S/C22H25F3N4O2/c1-5-29-20-11(2)26-18(27-21(20)28(4)12(3)22(29)30)8-13-6-14(7-13)31-15-9-16(23)19(25)17(24)10-15/h9-10,12-14H,5-8H2,1-4H3/t12-,13?,14?/m0/s1/i1D3,5D2. The van der Waals surface area contributed by atoms with Gasteiger partial charge in [0.05, 0.1) is 11.8 Å². The Labute approximate surface area is 186 Å². The first-order chi connectivity index (χ1) is 16.6. The molecule has 31 heavy (non-hydrogen) atoms. The van der Waals surface area contributed by atoms with Crippen molar-refractivity contribution in [3.63, 3.8) is 0 Å². The van der Waals surface area contributed by atoms with Crippen molar-refractivity contribution in [3.8, 4) is 5.75 Å². The van der Waals surface area contributed by atoms with Gasteiger partial charge < -0.3 is 14.5 Å². The molecule has 0 bridgehead atoms. The summed E-state index contributed by atoms with van der Waals surface area (Å²) >= 11 is 0. The predicted octanol–water partition coefficient (Wildman–Crippen LogP) is 3.79. The van der Waals surface area contributed by atoms with Gasteiger partial charge in [-0.2, -0.15) is 0 Å². The van der Waals surface area contributed by atoms with Gasteiger partial charge in [0, 0.05) is 39.0 Å². The lowest BCUT2D eigenvalue weighted by atomic mass is 9.80. The van der Waals surface area contributed by atoms with E-state index >= 15 is 0 Å². The third-order valence-corrected chi connectivity index (χ3v) is 5.84. The van der Waals surface area contributed by atoms with E-state index < -0.39 is 42.7 Å². The van der Waals surface area contributed by atoms with E-state index in [4.69, 9.17) is 11.6 Å². The summed E-state index contributed by atoms with van der Waals surface area (Å²) in [5, 5.41) is 0. The van der Waals surface area contributed by atoms with Gasteiger partial charge >= 0.3 is 0 Å². The number of hydrogen-bond donors (Lipinski definition) is 0. The van der Waals surface area contributed by atoms with Crippen LogP contribution in [0.15, 0.2) is 12.1 Å². The summed E-state index contributed by atoms with van der Waals surface area (Å²) < 4.78 is 84.8. The number of likely N-dealkylation sites (N-methyl/N-ethyl adjacent to an activating group) is 2. The van der Waals surface area contributed by atoms with Crippen LogP contribution in [-0.2, 0) is 11.2 Å². The molecule has 2 aromatic rings. The number of ether oxygens (including phenoxy) is 1. The molecule has 1 fully saturated rings. The molecule has 1 aliphatic carbocycles. The molecule has 0 unspecified atom stereocenters. The highest BCUT2D eigenvalue weighted by Crippen LogP contribution is 2.38. The van der Waals surface area contributed by atoms with Crippen molar-refractivity contribution >= 4 is 17.4 Å². The van der Waals surface area contributed by atoms with Gasteiger partial charge in [0.2, 0.25) is 5.91 Å². The van der Waals surface area contributed by atoms with Crippen molar-refractivity contribution in [2.45, 2.75) is 52.1 Å². The SMILES string of the molecule is [2H]C([2H])([2H])C([2H])([2H])N1C(=O)[C@H](C)N(C)c2nc(CC3CC(Oc4cc(F)c(F)c(F)c4)C3)nc(C)c21. The lowest BCUT2D eigenvalue weighted by Crippen LogP contribution is -2.51. The molecule has 1 aromatic heterocycles. The van der Waals surface area contributed by atoms with Gasteiger partial charge in [0.1, 0.15) is 23.3 Å². The monoisotopic (exact) mass is 439 g/mol. The molecule has 1 atom stereocenters. The second-order valence-electron chi connectivity index (χ2n) is 7.95. The Hall–Kier alpha value is -2.84. The normalized spacial score (nSPS) is 26.2. The molecule has 1 amide bonds. The van der Waals surface area contributed by atoms with Crippen molar-refractivity contribution in [1.29, 1.82) is 0 Å². The van der Waals surface area contributed by atoms with Gasteiger partial charge in [0.25, 0.3) is 0 Å². The minimum absolute atomic E-state index is 0.0145. The number of aryl methyl sites for hydroxylation is 1. The third-order valence-electron chi connectivity index (χ3n) is 5.84. The molecule has 6 nitrogen and oxygen atoms in total. The quantitative estimate of drug-likeness (QED) is 0.664. The number of rotatable bonds is 5. The zero-order chi connectivity index (χ0) is 26.7. The Bertz CT molecular complexity index is 1180. The van der Waals surface area contributed by atoms with E-state index in [2.05, 4.69) is 9.97 Å². The first-order valence-corrected chi connectivity index (χ1v) is 9.87. The maximum Gasteiger partial charge on any atom is 0.249 e. The van der Waals surface area contributed by atoms with Crippen molar-refractivity contribution in [1.82, 2.24) is 9.97 Å². The van der Waals surface area contributed by atoms with E-state index in [0.717, 1.165) is 12.1 Å². The van der Waals surface area contributed by atoms with E-state index in [1.807, 2.05) is 0 Å². The van der Waals surface area contributed by atoms with Gasteiger partial charge in [-0.25, -0.2) is 23.1 Å². The lowest BCUT2D eigenvalue weighted by Gasteiger charge is -2.39. The molecule has 4 rings (SSSR count). The number of aromatic nitrogens is 2. The number of anilines is 2. The van der Waals surface area contributed by atoms with E-state index in [1.54, 1.807) is 25.8 Å². The van der Waals surface area contributed by atoms with Crippen LogP contribution in [0.25, 0.3) is 0 Å². The number of halogens is 3. The molecule has 0 saturated heterocycles. The van der Waals surface area contributed by atoms with Crippen molar-refractivity contribution < 1.29 is 29.6 Å². The smallest absolute Gasteiger partial charge is 0.249 e. The first-order valence-electron chi connectivity index (χ1n) is 12.4. The second kappa shape index (κ2) is 8.01. The largest absolute Gasteiger partial charge is 0.490 e. The zero-order valence-electron chi connectivity index (χ0n) is 22.2. The molecule has 1 aromatic carbocycles. The van der Waals surface area contributed by atoms with Gasteiger partial charge in [0.15, 0.2) is 23.3 Å². The summed E-state index contributed by atoms with van der Waals surface area (Å²) in [6, 6.07) is 0.739. The first kappa shape index (κ1) is 15.9. The molecule has 0 N–H and O–H groups in total. The van der Waals surface area contributed by atoms with Crippen LogP contribution >= 0.6 is 0 Å². The molecule has 0 radical (unpaired) electrons. The second-order valence-corrected chi connectivity index (χ2v) is 7.95. The van der Waals surface area contributed by atoms with Crippen LogP contribution < -0.4 is 14.5 Å². The fourth-order valence-electron chi connectivity index (χ4n) is 3.95. The van der Waals surface area contributed by atoms with Gasteiger partial charge in [-0.3, -0.25) is 4.79 Å². The molecule has 0 spiro atoms. The minimum Gasteiger partial charge on any atom is -0.490 e. The van der Waals surface area contributed by atoms with Crippen molar-refractivity contribution in [2.75, 3.05) is 23.3 Å². The Morgan fingerprint density at radius 1 is 1.26 bits per heavy atom. The molecule has 1 aliphatic heterocycles. The topological polar surface area (TPSA) is 58.6 Å². The Morgan fingerprint density at radius 2 is 1.94 bits per heavy atom. The molecular weight excluding hydrogens is 409 g/mol. The van der Waals surface area contributed by atoms with E-state index in [9.17, 15) is 18.0 Å². The number of fused-ring (bicyclic) bond motifs is 1. The van der Waals surface area contributed by atoms with Gasteiger partial charge in [-0.05, 0) is 39.5 Å². The van der Waals surface area contributed by atoms with Crippen LogP contribution in [0.5, 0.6) is 5.75 Å². The van der Waals surface area contributed by atoms with Crippen molar-refractivity contribution in [2.24, 2.45) is 5.92 Å². The summed E-state index contributed by atoms with van der Waals surface area (Å²) in [5.74, 6) is -4.25. The predicted molar refractivity (Wildman–Crippen MR) is 110 cm³/mol.